The Morgan fingerprint density at radius 1 is 1.20 bits per heavy atom. The third-order valence-corrected chi connectivity index (χ3v) is 4.04. The van der Waals surface area contributed by atoms with Crippen LogP contribution in [0.25, 0.3) is 0 Å². The number of para-hydroxylation sites is 1. The number of hydrogen-bond acceptors (Lipinski definition) is 2. The van der Waals surface area contributed by atoms with Gasteiger partial charge in [-0.1, -0.05) is 51.3 Å². The van der Waals surface area contributed by atoms with E-state index >= 15 is 0 Å². The molecule has 0 spiro atoms. The first-order valence-electron chi connectivity index (χ1n) is 8.21. The Labute approximate surface area is 123 Å². The summed E-state index contributed by atoms with van der Waals surface area (Å²) in [5, 5.41) is 0. The molecule has 0 aromatic heterocycles. The van der Waals surface area contributed by atoms with Gasteiger partial charge in [0, 0.05) is 6.61 Å². The summed E-state index contributed by atoms with van der Waals surface area (Å²) in [6.45, 7) is 5.31. The van der Waals surface area contributed by atoms with Crippen LogP contribution in [-0.4, -0.2) is 18.8 Å². The summed E-state index contributed by atoms with van der Waals surface area (Å²) in [4.78, 5) is 0. The van der Waals surface area contributed by atoms with E-state index in [0.717, 1.165) is 38.0 Å². The lowest BCUT2D eigenvalue weighted by Gasteiger charge is -2.32. The molecular formula is C18H28O2. The van der Waals surface area contributed by atoms with E-state index in [9.17, 15) is 0 Å². The zero-order valence-corrected chi connectivity index (χ0v) is 12.9. The van der Waals surface area contributed by atoms with Gasteiger partial charge >= 0.3 is 0 Å². The molecule has 20 heavy (non-hydrogen) atoms. The van der Waals surface area contributed by atoms with Gasteiger partial charge in [-0.25, -0.2) is 0 Å². The minimum Gasteiger partial charge on any atom is -0.487 e. The Morgan fingerprint density at radius 2 is 2.00 bits per heavy atom. The number of ether oxygens (including phenoxy) is 2. The summed E-state index contributed by atoms with van der Waals surface area (Å²) >= 11 is 0. The highest BCUT2D eigenvalue weighted by Crippen LogP contribution is 2.30. The van der Waals surface area contributed by atoms with Gasteiger partial charge in [-0.05, 0) is 37.3 Å². The molecule has 1 aliphatic rings. The smallest absolute Gasteiger partial charge is 0.125 e. The lowest BCUT2D eigenvalue weighted by Crippen LogP contribution is -2.37. The molecule has 2 unspecified atom stereocenters. The molecule has 1 aromatic rings. The number of fused-ring (bicyclic) bond motifs is 1. The van der Waals surface area contributed by atoms with Crippen molar-refractivity contribution in [1.29, 1.82) is 0 Å². The molecule has 0 aliphatic carbocycles. The summed E-state index contributed by atoms with van der Waals surface area (Å²) in [6.07, 6.45) is 8.57. The molecule has 0 saturated heterocycles. The molecule has 0 fully saturated rings. The van der Waals surface area contributed by atoms with E-state index in [4.69, 9.17) is 9.47 Å². The van der Waals surface area contributed by atoms with Crippen molar-refractivity contribution in [1.82, 2.24) is 0 Å². The van der Waals surface area contributed by atoms with Crippen LogP contribution in [0, 0.1) is 0 Å². The summed E-state index contributed by atoms with van der Waals surface area (Å²) in [7, 11) is 0. The van der Waals surface area contributed by atoms with E-state index in [1.54, 1.807) is 0 Å². The van der Waals surface area contributed by atoms with Crippen LogP contribution in [0.2, 0.25) is 0 Å². The van der Waals surface area contributed by atoms with E-state index < -0.39 is 0 Å². The molecule has 2 rings (SSSR count). The van der Waals surface area contributed by atoms with E-state index in [1.165, 1.54) is 24.8 Å². The highest BCUT2D eigenvalue weighted by atomic mass is 16.5. The molecular weight excluding hydrogens is 248 g/mol. The Kier molecular flexibility index (Phi) is 6.38. The summed E-state index contributed by atoms with van der Waals surface area (Å²) < 4.78 is 12.3. The van der Waals surface area contributed by atoms with Gasteiger partial charge in [-0.15, -0.1) is 0 Å². The third-order valence-electron chi connectivity index (χ3n) is 4.04. The monoisotopic (exact) mass is 276 g/mol. The average Bonchev–Trinajstić information content (AvgIpc) is 2.50. The Bertz CT molecular complexity index is 389. The molecule has 1 aromatic carbocycles. The minimum atomic E-state index is 0.230. The molecule has 0 amide bonds. The molecule has 2 heteroatoms. The number of benzene rings is 1. The standard InChI is InChI=1S/C18H28O2/c1-3-5-10-17(19-14-6-4-2)18-13-12-15-9-7-8-11-16(15)20-18/h7-9,11,17-18H,3-6,10,12-14H2,1-2H3. The zero-order chi connectivity index (χ0) is 14.2. The zero-order valence-electron chi connectivity index (χ0n) is 12.9. The van der Waals surface area contributed by atoms with Gasteiger partial charge in [-0.2, -0.15) is 0 Å². The van der Waals surface area contributed by atoms with Crippen LogP contribution in [0.15, 0.2) is 24.3 Å². The van der Waals surface area contributed by atoms with E-state index in [0.29, 0.717) is 0 Å². The fraction of sp³-hybridized carbons (Fsp3) is 0.667. The van der Waals surface area contributed by atoms with Crippen LogP contribution >= 0.6 is 0 Å². The predicted octanol–water partition coefficient (Wildman–Crippen LogP) is 4.76. The Balaban J connectivity index is 1.95. The number of hydrogen-bond donors (Lipinski definition) is 0. The quantitative estimate of drug-likeness (QED) is 0.638. The third kappa shape index (κ3) is 4.24. The molecule has 0 N–H and O–H groups in total. The summed E-state index contributed by atoms with van der Waals surface area (Å²) in [6, 6.07) is 8.41. The molecule has 1 aliphatic heterocycles. The van der Waals surface area contributed by atoms with Crippen molar-refractivity contribution in [2.75, 3.05) is 6.61 Å². The second-order valence-electron chi connectivity index (χ2n) is 5.71. The summed E-state index contributed by atoms with van der Waals surface area (Å²) in [5.41, 5.74) is 1.34. The number of aryl methyl sites for hydroxylation is 1. The van der Waals surface area contributed by atoms with Crippen LogP contribution in [0.3, 0.4) is 0 Å². The lowest BCUT2D eigenvalue weighted by molar-refractivity contribution is -0.0392. The molecule has 0 saturated carbocycles. The van der Waals surface area contributed by atoms with Crippen LogP contribution in [-0.2, 0) is 11.2 Å². The fourth-order valence-electron chi connectivity index (χ4n) is 2.77. The van der Waals surface area contributed by atoms with E-state index in [2.05, 4.69) is 38.1 Å². The van der Waals surface area contributed by atoms with Gasteiger partial charge in [0.2, 0.25) is 0 Å². The van der Waals surface area contributed by atoms with Crippen molar-refractivity contribution in [3.8, 4) is 5.75 Å². The highest BCUT2D eigenvalue weighted by molar-refractivity contribution is 5.35. The van der Waals surface area contributed by atoms with Crippen molar-refractivity contribution in [2.24, 2.45) is 0 Å². The maximum atomic E-state index is 6.20. The van der Waals surface area contributed by atoms with Gasteiger partial charge < -0.3 is 9.47 Å². The van der Waals surface area contributed by atoms with Gasteiger partial charge in [-0.3, -0.25) is 0 Å². The molecule has 2 nitrogen and oxygen atoms in total. The topological polar surface area (TPSA) is 18.5 Å². The maximum absolute atomic E-state index is 6.20. The second kappa shape index (κ2) is 8.31. The summed E-state index contributed by atoms with van der Waals surface area (Å²) in [5.74, 6) is 1.06. The van der Waals surface area contributed by atoms with E-state index in [-0.39, 0.29) is 12.2 Å². The first-order chi connectivity index (χ1) is 9.85. The van der Waals surface area contributed by atoms with Crippen molar-refractivity contribution in [3.05, 3.63) is 29.8 Å². The lowest BCUT2D eigenvalue weighted by atomic mass is 9.96. The van der Waals surface area contributed by atoms with Crippen LogP contribution in [0.1, 0.15) is 57.9 Å². The minimum absolute atomic E-state index is 0.230. The van der Waals surface area contributed by atoms with Gasteiger partial charge in [0.15, 0.2) is 0 Å². The van der Waals surface area contributed by atoms with Crippen LogP contribution in [0.5, 0.6) is 5.75 Å². The van der Waals surface area contributed by atoms with Gasteiger partial charge in [0.1, 0.15) is 11.9 Å². The first kappa shape index (κ1) is 15.4. The van der Waals surface area contributed by atoms with Crippen LogP contribution < -0.4 is 4.74 Å². The van der Waals surface area contributed by atoms with Crippen molar-refractivity contribution in [3.63, 3.8) is 0 Å². The maximum Gasteiger partial charge on any atom is 0.125 e. The van der Waals surface area contributed by atoms with Gasteiger partial charge in [0.25, 0.3) is 0 Å². The molecule has 1 heterocycles. The molecule has 0 bridgehead atoms. The largest absolute Gasteiger partial charge is 0.487 e. The Morgan fingerprint density at radius 3 is 2.80 bits per heavy atom. The SMILES string of the molecule is CCCCOC(CCCC)C1CCc2ccccc2O1. The average molecular weight is 276 g/mol. The first-order valence-corrected chi connectivity index (χ1v) is 8.21. The Hall–Kier alpha value is -1.02. The second-order valence-corrected chi connectivity index (χ2v) is 5.71. The van der Waals surface area contributed by atoms with Crippen molar-refractivity contribution in [2.45, 2.75) is 71.0 Å². The highest BCUT2D eigenvalue weighted by Gasteiger charge is 2.27. The van der Waals surface area contributed by atoms with Crippen molar-refractivity contribution < 1.29 is 9.47 Å². The normalized spacial score (nSPS) is 19.2. The van der Waals surface area contributed by atoms with Crippen molar-refractivity contribution >= 4 is 0 Å². The molecule has 112 valence electrons. The fourth-order valence-corrected chi connectivity index (χ4v) is 2.77. The van der Waals surface area contributed by atoms with Gasteiger partial charge in [0.05, 0.1) is 6.10 Å². The van der Waals surface area contributed by atoms with E-state index in [1.807, 2.05) is 0 Å². The molecule has 0 radical (unpaired) electrons. The predicted molar refractivity (Wildman–Crippen MR) is 83.4 cm³/mol. The van der Waals surface area contributed by atoms with Crippen LogP contribution in [0.4, 0.5) is 0 Å². The number of rotatable bonds is 8. The number of unbranched alkanes of at least 4 members (excludes halogenated alkanes) is 2. The molecule has 2 atom stereocenters.